The maximum atomic E-state index is 13.6. The van der Waals surface area contributed by atoms with Crippen LogP contribution in [-0.2, 0) is 6.42 Å². The summed E-state index contributed by atoms with van der Waals surface area (Å²) in [5.41, 5.74) is 9.32. The molecule has 15 heavy (non-hydrogen) atoms. The van der Waals surface area contributed by atoms with Crippen molar-refractivity contribution in [3.05, 3.63) is 34.8 Å². The lowest BCUT2D eigenvalue weighted by molar-refractivity contribution is 0.619. The number of aromatic amines is 1. The molecule has 0 saturated carbocycles. The molecule has 0 atom stereocenters. The molecule has 0 bridgehead atoms. The minimum Gasteiger partial charge on any atom is -0.361 e. The number of benzene rings is 1. The lowest BCUT2D eigenvalue weighted by Crippen LogP contribution is -2.02. The van der Waals surface area contributed by atoms with E-state index in [1.165, 1.54) is 0 Å². The molecule has 0 unspecified atom stereocenters. The fraction of sp³-hybridized carbons (Fsp3) is 0.333. The number of nitrogens with one attached hydrogen (secondary N) is 1. The van der Waals surface area contributed by atoms with Crippen LogP contribution in [0.1, 0.15) is 16.7 Å². The maximum absolute atomic E-state index is 13.6. The number of hydrogen-bond acceptors (Lipinski definition) is 1. The van der Waals surface area contributed by atoms with E-state index in [1.54, 1.807) is 13.0 Å². The van der Waals surface area contributed by atoms with Gasteiger partial charge in [0.25, 0.3) is 0 Å². The first-order valence-corrected chi connectivity index (χ1v) is 5.11. The summed E-state index contributed by atoms with van der Waals surface area (Å²) in [6.07, 6.45) is 2.70. The SMILES string of the molecule is Cc1c(F)cc2c(CCN)c[nH]c2c1C. The summed E-state index contributed by atoms with van der Waals surface area (Å²) in [7, 11) is 0. The van der Waals surface area contributed by atoms with Crippen molar-refractivity contribution in [1.82, 2.24) is 4.98 Å². The summed E-state index contributed by atoms with van der Waals surface area (Å²) in [5.74, 6) is -0.141. The van der Waals surface area contributed by atoms with Crippen molar-refractivity contribution in [3.63, 3.8) is 0 Å². The second-order valence-electron chi connectivity index (χ2n) is 3.88. The number of nitrogens with two attached hydrogens (primary N) is 1. The van der Waals surface area contributed by atoms with Crippen LogP contribution >= 0.6 is 0 Å². The molecule has 2 aromatic rings. The zero-order chi connectivity index (χ0) is 11.0. The lowest BCUT2D eigenvalue weighted by atomic mass is 10.0. The van der Waals surface area contributed by atoms with E-state index in [2.05, 4.69) is 4.98 Å². The van der Waals surface area contributed by atoms with Gasteiger partial charge in [-0.15, -0.1) is 0 Å². The molecule has 0 amide bonds. The van der Waals surface area contributed by atoms with Crippen LogP contribution in [0.15, 0.2) is 12.3 Å². The highest BCUT2D eigenvalue weighted by atomic mass is 19.1. The molecule has 0 fully saturated rings. The molecule has 0 aliphatic carbocycles. The maximum Gasteiger partial charge on any atom is 0.127 e. The van der Waals surface area contributed by atoms with Crippen molar-refractivity contribution >= 4 is 10.9 Å². The summed E-state index contributed by atoms with van der Waals surface area (Å²) < 4.78 is 13.6. The number of aryl methyl sites for hydroxylation is 1. The third kappa shape index (κ3) is 1.53. The summed E-state index contributed by atoms with van der Waals surface area (Å²) in [6, 6.07) is 1.60. The second-order valence-corrected chi connectivity index (χ2v) is 3.88. The molecule has 0 saturated heterocycles. The Morgan fingerprint density at radius 2 is 2.07 bits per heavy atom. The molecular weight excluding hydrogens is 191 g/mol. The van der Waals surface area contributed by atoms with Crippen molar-refractivity contribution in [2.45, 2.75) is 20.3 Å². The van der Waals surface area contributed by atoms with Crippen LogP contribution in [0.3, 0.4) is 0 Å². The van der Waals surface area contributed by atoms with E-state index in [1.807, 2.05) is 13.1 Å². The topological polar surface area (TPSA) is 41.8 Å². The molecule has 2 rings (SSSR count). The van der Waals surface area contributed by atoms with Gasteiger partial charge in [-0.2, -0.15) is 0 Å². The smallest absolute Gasteiger partial charge is 0.127 e. The van der Waals surface area contributed by atoms with E-state index in [0.29, 0.717) is 12.1 Å². The molecule has 0 spiro atoms. The van der Waals surface area contributed by atoms with Crippen LogP contribution in [0.5, 0.6) is 0 Å². The predicted octanol–water partition coefficient (Wildman–Crippen LogP) is 2.43. The van der Waals surface area contributed by atoms with Gasteiger partial charge in [-0.25, -0.2) is 4.39 Å². The summed E-state index contributed by atoms with van der Waals surface area (Å²) >= 11 is 0. The summed E-state index contributed by atoms with van der Waals surface area (Å²) in [6.45, 7) is 4.32. The monoisotopic (exact) mass is 206 g/mol. The number of aromatic nitrogens is 1. The third-order valence-corrected chi connectivity index (χ3v) is 2.99. The molecule has 0 aliphatic heterocycles. The number of hydrogen-bond donors (Lipinski definition) is 2. The number of fused-ring (bicyclic) bond motifs is 1. The first-order chi connectivity index (χ1) is 7.15. The Balaban J connectivity index is 2.71. The van der Waals surface area contributed by atoms with Crippen LogP contribution in [-0.4, -0.2) is 11.5 Å². The Kier molecular flexibility index (Phi) is 2.49. The van der Waals surface area contributed by atoms with Crippen LogP contribution in [0.4, 0.5) is 4.39 Å². The Hall–Kier alpha value is -1.35. The Labute approximate surface area is 88.3 Å². The first kappa shape index (κ1) is 10.2. The number of halogens is 1. The van der Waals surface area contributed by atoms with Crippen molar-refractivity contribution in [2.75, 3.05) is 6.54 Å². The Morgan fingerprint density at radius 3 is 2.73 bits per heavy atom. The predicted molar refractivity (Wildman–Crippen MR) is 60.5 cm³/mol. The van der Waals surface area contributed by atoms with E-state index in [-0.39, 0.29) is 5.82 Å². The van der Waals surface area contributed by atoms with Crippen LogP contribution < -0.4 is 5.73 Å². The largest absolute Gasteiger partial charge is 0.361 e. The van der Waals surface area contributed by atoms with Crippen LogP contribution in [0, 0.1) is 19.7 Å². The van der Waals surface area contributed by atoms with Gasteiger partial charge in [-0.3, -0.25) is 0 Å². The van der Waals surface area contributed by atoms with E-state index in [9.17, 15) is 4.39 Å². The van der Waals surface area contributed by atoms with E-state index in [4.69, 9.17) is 5.73 Å². The molecule has 1 aromatic carbocycles. The van der Waals surface area contributed by atoms with Gasteiger partial charge in [0, 0.05) is 17.1 Å². The van der Waals surface area contributed by atoms with Gasteiger partial charge in [-0.1, -0.05) is 0 Å². The van der Waals surface area contributed by atoms with Crippen LogP contribution in [0.25, 0.3) is 10.9 Å². The number of rotatable bonds is 2. The van der Waals surface area contributed by atoms with Gasteiger partial charge in [0.05, 0.1) is 0 Å². The molecule has 80 valence electrons. The highest BCUT2D eigenvalue weighted by Gasteiger charge is 2.10. The van der Waals surface area contributed by atoms with Crippen molar-refractivity contribution < 1.29 is 4.39 Å². The van der Waals surface area contributed by atoms with Crippen LogP contribution in [0.2, 0.25) is 0 Å². The molecule has 0 radical (unpaired) electrons. The molecule has 1 heterocycles. The van der Waals surface area contributed by atoms with Gasteiger partial charge in [0.2, 0.25) is 0 Å². The minimum absolute atomic E-state index is 0.141. The van der Waals surface area contributed by atoms with E-state index >= 15 is 0 Å². The standard InChI is InChI=1S/C12H15FN2/c1-7-8(2)12-10(5-11(7)13)9(3-4-14)6-15-12/h5-6,15H,3-4,14H2,1-2H3. The zero-order valence-corrected chi connectivity index (χ0v) is 9.02. The van der Waals surface area contributed by atoms with Gasteiger partial charge >= 0.3 is 0 Å². The lowest BCUT2D eigenvalue weighted by Gasteiger charge is -2.04. The average molecular weight is 206 g/mol. The molecule has 3 heteroatoms. The molecule has 0 aliphatic rings. The van der Waals surface area contributed by atoms with Gasteiger partial charge in [0.15, 0.2) is 0 Å². The quantitative estimate of drug-likeness (QED) is 0.778. The highest BCUT2D eigenvalue weighted by Crippen LogP contribution is 2.26. The van der Waals surface area contributed by atoms with Crippen molar-refractivity contribution in [3.8, 4) is 0 Å². The molecule has 3 N–H and O–H groups in total. The van der Waals surface area contributed by atoms with Crippen molar-refractivity contribution in [2.24, 2.45) is 5.73 Å². The molecule has 2 nitrogen and oxygen atoms in total. The van der Waals surface area contributed by atoms with E-state index in [0.717, 1.165) is 28.5 Å². The molecule has 1 aromatic heterocycles. The number of H-pyrrole nitrogens is 1. The normalized spacial score (nSPS) is 11.2. The van der Waals surface area contributed by atoms with E-state index < -0.39 is 0 Å². The second kappa shape index (κ2) is 3.66. The average Bonchev–Trinajstić information content (AvgIpc) is 2.59. The fourth-order valence-corrected chi connectivity index (χ4v) is 1.91. The fourth-order valence-electron chi connectivity index (χ4n) is 1.91. The van der Waals surface area contributed by atoms with Gasteiger partial charge in [0.1, 0.15) is 5.82 Å². The van der Waals surface area contributed by atoms with Gasteiger partial charge < -0.3 is 10.7 Å². The summed E-state index contributed by atoms with van der Waals surface area (Å²) in [5, 5.41) is 0.959. The van der Waals surface area contributed by atoms with Gasteiger partial charge in [-0.05, 0) is 49.6 Å². The highest BCUT2D eigenvalue weighted by molar-refractivity contribution is 5.87. The molecular formula is C12H15FN2. The Morgan fingerprint density at radius 1 is 1.33 bits per heavy atom. The summed E-state index contributed by atoms with van der Waals surface area (Å²) in [4.78, 5) is 3.19. The first-order valence-electron chi connectivity index (χ1n) is 5.11. The third-order valence-electron chi connectivity index (χ3n) is 2.99. The zero-order valence-electron chi connectivity index (χ0n) is 9.02. The van der Waals surface area contributed by atoms with Crippen molar-refractivity contribution in [1.29, 1.82) is 0 Å². The minimum atomic E-state index is -0.141. The Bertz CT molecular complexity index is 500.